The number of hydrogen-bond donors (Lipinski definition) is 4. The van der Waals surface area contributed by atoms with Gasteiger partial charge >= 0.3 is 11.9 Å². The minimum atomic E-state index is -0.776. The lowest BCUT2D eigenvalue weighted by Gasteiger charge is -2.38. The first-order chi connectivity index (χ1) is 12.3. The monoisotopic (exact) mass is 372 g/mol. The molecule has 0 aliphatic carbocycles. The lowest BCUT2D eigenvalue weighted by atomic mass is 9.98. The van der Waals surface area contributed by atoms with E-state index in [-0.39, 0.29) is 24.4 Å². The summed E-state index contributed by atoms with van der Waals surface area (Å²) in [6, 6.07) is 0.0602. The summed E-state index contributed by atoms with van der Waals surface area (Å²) < 4.78 is 0. The number of carboxylic acids is 2. The van der Waals surface area contributed by atoms with Crippen LogP contribution in [0.25, 0.3) is 0 Å². The van der Waals surface area contributed by atoms with Gasteiger partial charge in [0.25, 0.3) is 0 Å². The van der Waals surface area contributed by atoms with Crippen LogP contribution in [0.3, 0.4) is 0 Å². The predicted octanol–water partition coefficient (Wildman–Crippen LogP) is 0.290. The molecule has 1 aliphatic heterocycles. The molecule has 1 atom stereocenters. The first kappa shape index (κ1) is 22.8. The van der Waals surface area contributed by atoms with Crippen LogP contribution in [0, 0.1) is 0 Å². The molecule has 1 unspecified atom stereocenters. The van der Waals surface area contributed by atoms with Gasteiger partial charge in [0.05, 0.1) is 12.8 Å². The summed E-state index contributed by atoms with van der Waals surface area (Å²) in [4.78, 5) is 26.7. The van der Waals surface area contributed by atoms with Crippen LogP contribution < -0.4 is 10.6 Å². The van der Waals surface area contributed by atoms with Gasteiger partial charge in [-0.25, -0.2) is 0 Å². The molecule has 0 spiro atoms. The Balaban J connectivity index is 2.61. The van der Waals surface area contributed by atoms with Crippen LogP contribution >= 0.6 is 0 Å². The maximum absolute atomic E-state index is 11.1. The van der Waals surface area contributed by atoms with E-state index < -0.39 is 11.9 Å². The number of carbonyl (C=O) groups is 2. The van der Waals surface area contributed by atoms with Crippen molar-refractivity contribution in [1.82, 2.24) is 20.4 Å². The molecule has 8 heteroatoms. The Bertz CT molecular complexity index is 431. The minimum Gasteiger partial charge on any atom is -0.481 e. The van der Waals surface area contributed by atoms with Gasteiger partial charge in [-0.05, 0) is 20.3 Å². The molecule has 8 nitrogen and oxygen atoms in total. The van der Waals surface area contributed by atoms with E-state index in [1.807, 2.05) is 20.8 Å². The molecule has 1 fully saturated rings. The van der Waals surface area contributed by atoms with Crippen molar-refractivity contribution in [2.75, 3.05) is 52.4 Å². The van der Waals surface area contributed by atoms with Crippen LogP contribution in [-0.4, -0.2) is 95.9 Å². The van der Waals surface area contributed by atoms with Gasteiger partial charge in [-0.3, -0.25) is 19.4 Å². The smallest absolute Gasteiger partial charge is 0.305 e. The molecule has 0 aromatic rings. The Morgan fingerprint density at radius 3 is 1.88 bits per heavy atom. The average molecular weight is 373 g/mol. The quantitative estimate of drug-likeness (QED) is 0.505. The molecule has 1 saturated heterocycles. The van der Waals surface area contributed by atoms with E-state index in [2.05, 4.69) is 20.4 Å². The molecule has 1 rings (SSSR count). The Kier molecular flexibility index (Phi) is 10.1. The molecule has 4 N–H and O–H groups in total. The molecule has 1 aliphatic rings. The van der Waals surface area contributed by atoms with E-state index in [9.17, 15) is 9.59 Å². The number of carboxylic acid groups (broad SMARTS) is 2. The van der Waals surface area contributed by atoms with E-state index in [0.717, 1.165) is 58.8 Å². The van der Waals surface area contributed by atoms with Gasteiger partial charge < -0.3 is 20.8 Å². The first-order valence-corrected chi connectivity index (χ1v) is 9.60. The average Bonchev–Trinajstić information content (AvgIpc) is 2.51. The summed E-state index contributed by atoms with van der Waals surface area (Å²) in [7, 11) is 0. The van der Waals surface area contributed by atoms with Crippen molar-refractivity contribution in [1.29, 1.82) is 0 Å². The van der Waals surface area contributed by atoms with E-state index in [1.54, 1.807) is 0 Å². The maximum Gasteiger partial charge on any atom is 0.305 e. The van der Waals surface area contributed by atoms with Gasteiger partial charge in [-0.1, -0.05) is 6.92 Å². The van der Waals surface area contributed by atoms with Crippen LogP contribution in [0.5, 0.6) is 0 Å². The van der Waals surface area contributed by atoms with Crippen molar-refractivity contribution in [2.45, 2.75) is 51.6 Å². The highest BCUT2D eigenvalue weighted by Crippen LogP contribution is 2.18. The highest BCUT2D eigenvalue weighted by atomic mass is 16.4. The molecule has 152 valence electrons. The SMILES string of the molecule is CCC(CC(=O)O)N1CCNCCN(C(C)(C)CC(=O)O)CCNCC1. The topological polar surface area (TPSA) is 105 Å². The summed E-state index contributed by atoms with van der Waals surface area (Å²) in [5.41, 5.74) is -0.389. The number of hydrogen-bond acceptors (Lipinski definition) is 6. The molecule has 0 bridgehead atoms. The largest absolute Gasteiger partial charge is 0.481 e. The van der Waals surface area contributed by atoms with Crippen LogP contribution in [0.4, 0.5) is 0 Å². The van der Waals surface area contributed by atoms with Crippen molar-refractivity contribution in [3.05, 3.63) is 0 Å². The van der Waals surface area contributed by atoms with E-state index in [4.69, 9.17) is 10.2 Å². The Hall–Kier alpha value is -1.22. The zero-order valence-corrected chi connectivity index (χ0v) is 16.5. The molecule has 0 amide bonds. The lowest BCUT2D eigenvalue weighted by Crippen LogP contribution is -2.52. The number of aliphatic carboxylic acids is 2. The lowest BCUT2D eigenvalue weighted by molar-refractivity contribution is -0.140. The van der Waals surface area contributed by atoms with E-state index in [0.29, 0.717) is 0 Å². The summed E-state index contributed by atoms with van der Waals surface area (Å²) in [5, 5.41) is 25.1. The Morgan fingerprint density at radius 1 is 0.962 bits per heavy atom. The third-order valence-electron chi connectivity index (χ3n) is 5.11. The summed E-state index contributed by atoms with van der Waals surface area (Å²) in [6.45, 7) is 12.3. The van der Waals surface area contributed by atoms with Gasteiger partial charge in [0.1, 0.15) is 0 Å². The zero-order chi connectivity index (χ0) is 19.6. The van der Waals surface area contributed by atoms with Crippen molar-refractivity contribution in [3.8, 4) is 0 Å². The molecule has 0 aromatic heterocycles. The third-order valence-corrected chi connectivity index (χ3v) is 5.11. The molecular weight excluding hydrogens is 336 g/mol. The van der Waals surface area contributed by atoms with Gasteiger partial charge in [-0.15, -0.1) is 0 Å². The minimum absolute atomic E-state index is 0.0602. The number of nitrogens with one attached hydrogen (secondary N) is 2. The Morgan fingerprint density at radius 2 is 1.46 bits per heavy atom. The standard InChI is InChI=1S/C18H36N4O4/c1-4-15(13-16(23)24)21-9-5-19-7-11-22(12-8-20-6-10-21)18(2,3)14-17(25)26/h15,19-20H,4-14H2,1-3H3,(H,23,24)(H,25,26). The van der Waals surface area contributed by atoms with Crippen molar-refractivity contribution in [2.24, 2.45) is 0 Å². The van der Waals surface area contributed by atoms with Crippen molar-refractivity contribution < 1.29 is 19.8 Å². The summed E-state index contributed by atoms with van der Waals surface area (Å²) in [6.07, 6.45) is 1.12. The zero-order valence-electron chi connectivity index (χ0n) is 16.5. The van der Waals surface area contributed by atoms with Crippen LogP contribution in [0.1, 0.15) is 40.0 Å². The van der Waals surface area contributed by atoms with Gasteiger partial charge in [0.15, 0.2) is 0 Å². The van der Waals surface area contributed by atoms with Gasteiger partial charge in [0, 0.05) is 63.9 Å². The summed E-state index contributed by atoms with van der Waals surface area (Å²) in [5.74, 6) is -1.53. The van der Waals surface area contributed by atoms with Crippen LogP contribution in [-0.2, 0) is 9.59 Å². The van der Waals surface area contributed by atoms with Crippen molar-refractivity contribution in [3.63, 3.8) is 0 Å². The molecule has 0 saturated carbocycles. The van der Waals surface area contributed by atoms with Crippen LogP contribution in [0.15, 0.2) is 0 Å². The third kappa shape index (κ3) is 8.44. The molecule has 1 heterocycles. The maximum atomic E-state index is 11.1. The normalized spacial score (nSPS) is 20.7. The first-order valence-electron chi connectivity index (χ1n) is 9.60. The fraction of sp³-hybridized carbons (Fsp3) is 0.889. The van der Waals surface area contributed by atoms with Gasteiger partial charge in [-0.2, -0.15) is 0 Å². The second kappa shape index (κ2) is 11.5. The number of rotatable bonds is 7. The molecule has 0 radical (unpaired) electrons. The van der Waals surface area contributed by atoms with Crippen LogP contribution in [0.2, 0.25) is 0 Å². The van der Waals surface area contributed by atoms with Crippen molar-refractivity contribution >= 4 is 11.9 Å². The van der Waals surface area contributed by atoms with E-state index in [1.165, 1.54) is 0 Å². The number of nitrogens with zero attached hydrogens (tertiary/aromatic N) is 2. The highest BCUT2D eigenvalue weighted by molar-refractivity contribution is 5.68. The highest BCUT2D eigenvalue weighted by Gasteiger charge is 2.29. The molecular formula is C18H36N4O4. The fourth-order valence-electron chi connectivity index (χ4n) is 3.53. The predicted molar refractivity (Wildman–Crippen MR) is 102 cm³/mol. The Labute approximate surface area is 156 Å². The molecule has 26 heavy (non-hydrogen) atoms. The molecule has 0 aromatic carbocycles. The fourth-order valence-corrected chi connectivity index (χ4v) is 3.53. The second-order valence-corrected chi connectivity index (χ2v) is 7.57. The van der Waals surface area contributed by atoms with Gasteiger partial charge in [0.2, 0.25) is 0 Å². The second-order valence-electron chi connectivity index (χ2n) is 7.57. The van der Waals surface area contributed by atoms with E-state index >= 15 is 0 Å². The summed E-state index contributed by atoms with van der Waals surface area (Å²) >= 11 is 0.